The van der Waals surface area contributed by atoms with E-state index in [1.165, 1.54) is 0 Å². The van der Waals surface area contributed by atoms with Crippen molar-refractivity contribution in [1.82, 2.24) is 5.32 Å². The number of amides is 1. The van der Waals surface area contributed by atoms with Gasteiger partial charge in [-0.05, 0) is 65.0 Å². The molecule has 1 heterocycles. The van der Waals surface area contributed by atoms with E-state index in [1.54, 1.807) is 6.08 Å². The number of allylic oxidation sites excluding steroid dienone is 2. The van der Waals surface area contributed by atoms with Crippen LogP contribution < -0.4 is 10.1 Å². The van der Waals surface area contributed by atoms with Gasteiger partial charge in [0.25, 0.3) is 0 Å². The van der Waals surface area contributed by atoms with Gasteiger partial charge in [-0.15, -0.1) is 0 Å². The summed E-state index contributed by atoms with van der Waals surface area (Å²) in [5.41, 5.74) is 2.57. The van der Waals surface area contributed by atoms with Crippen LogP contribution in [0.25, 0.3) is 0 Å². The van der Waals surface area contributed by atoms with Crippen LogP contribution in [0.15, 0.2) is 83.1 Å². The zero-order valence-electron chi connectivity index (χ0n) is 22.2. The molecular weight excluding hydrogens is 468 g/mol. The molecule has 1 amide bonds. The average molecular weight is 507 g/mol. The Bertz CT molecular complexity index is 1080. The van der Waals surface area contributed by atoms with Crippen LogP contribution in [0.5, 0.6) is 5.75 Å². The van der Waals surface area contributed by atoms with E-state index < -0.39 is 11.7 Å². The Hall–Kier alpha value is -3.42. The number of para-hydroxylation sites is 1. The number of ether oxygens (including phenoxy) is 4. The Morgan fingerprint density at radius 3 is 2.51 bits per heavy atom. The van der Waals surface area contributed by atoms with E-state index in [4.69, 9.17) is 18.9 Å². The summed E-state index contributed by atoms with van der Waals surface area (Å²) in [5.74, 6) is 0.834. The number of benzene rings is 2. The maximum Gasteiger partial charge on any atom is 0.412 e. The normalized spacial score (nSPS) is 18.7. The third-order valence-electron chi connectivity index (χ3n) is 5.66. The van der Waals surface area contributed by atoms with Gasteiger partial charge in [-0.2, -0.15) is 0 Å². The second kappa shape index (κ2) is 13.8. The molecule has 7 nitrogen and oxygen atoms in total. The number of alkyl carbamates (subject to hydrolysis) is 1. The zero-order chi connectivity index (χ0) is 26.7. The molecule has 0 saturated carbocycles. The molecule has 7 heteroatoms. The first-order valence-corrected chi connectivity index (χ1v) is 12.6. The van der Waals surface area contributed by atoms with Gasteiger partial charge in [0, 0.05) is 5.56 Å². The Labute approximate surface area is 220 Å². The highest BCUT2D eigenvalue weighted by Crippen LogP contribution is 2.35. The van der Waals surface area contributed by atoms with Crippen molar-refractivity contribution in [3.63, 3.8) is 0 Å². The maximum absolute atomic E-state index is 12.3. The van der Waals surface area contributed by atoms with Crippen molar-refractivity contribution in [3.05, 3.63) is 89.3 Å². The second-order valence-corrected chi connectivity index (χ2v) is 9.79. The number of hydrogen-bond acceptors (Lipinski definition) is 6. The van der Waals surface area contributed by atoms with Crippen molar-refractivity contribution < 1.29 is 23.7 Å². The molecule has 37 heavy (non-hydrogen) atoms. The van der Waals surface area contributed by atoms with E-state index in [0.29, 0.717) is 24.6 Å². The molecule has 198 valence electrons. The quantitative estimate of drug-likeness (QED) is 0.293. The molecular formula is C30H38N2O5. The van der Waals surface area contributed by atoms with E-state index >= 15 is 0 Å². The van der Waals surface area contributed by atoms with Gasteiger partial charge in [-0.3, -0.25) is 10.3 Å². The Morgan fingerprint density at radius 2 is 1.86 bits per heavy atom. The minimum absolute atomic E-state index is 0.0632. The minimum atomic E-state index is -0.607. The molecule has 0 unspecified atom stereocenters. The van der Waals surface area contributed by atoms with Gasteiger partial charge in [0.15, 0.2) is 0 Å². The molecule has 3 rings (SSSR count). The topological polar surface area (TPSA) is 78.4 Å². The summed E-state index contributed by atoms with van der Waals surface area (Å²) in [6.45, 7) is 12.1. The zero-order valence-corrected chi connectivity index (χ0v) is 22.2. The van der Waals surface area contributed by atoms with Crippen LogP contribution in [0.4, 0.5) is 4.79 Å². The smallest absolute Gasteiger partial charge is 0.412 e. The van der Waals surface area contributed by atoms with Crippen LogP contribution >= 0.6 is 0 Å². The van der Waals surface area contributed by atoms with Gasteiger partial charge in [-0.25, -0.2) is 4.79 Å². The number of nitrogens with one attached hydrogen (secondary N) is 1. The first-order valence-electron chi connectivity index (χ1n) is 12.6. The van der Waals surface area contributed by atoms with E-state index in [-0.39, 0.29) is 18.8 Å². The summed E-state index contributed by atoms with van der Waals surface area (Å²) in [6.07, 6.45) is 4.46. The lowest BCUT2D eigenvalue weighted by molar-refractivity contribution is -0.0827. The highest BCUT2D eigenvalue weighted by molar-refractivity contribution is 5.71. The molecule has 0 spiro atoms. The van der Waals surface area contributed by atoms with Crippen molar-refractivity contribution in [2.45, 2.75) is 65.0 Å². The lowest BCUT2D eigenvalue weighted by atomic mass is 9.99. The molecule has 0 bridgehead atoms. The number of nitrogens with zero attached hydrogens (tertiary/aromatic N) is 1. The van der Waals surface area contributed by atoms with Crippen molar-refractivity contribution >= 4 is 12.8 Å². The molecule has 2 aromatic rings. The fourth-order valence-electron chi connectivity index (χ4n) is 3.91. The highest BCUT2D eigenvalue weighted by Gasteiger charge is 2.26. The molecule has 2 atom stereocenters. The van der Waals surface area contributed by atoms with Gasteiger partial charge in [-0.1, -0.05) is 54.6 Å². The third-order valence-corrected chi connectivity index (χ3v) is 5.66. The number of aliphatic imine (C=N–C) groups is 1. The number of rotatable bonds is 10. The van der Waals surface area contributed by atoms with Gasteiger partial charge >= 0.3 is 6.09 Å². The van der Waals surface area contributed by atoms with E-state index in [2.05, 4.69) is 23.1 Å². The van der Waals surface area contributed by atoms with Crippen LogP contribution in [0.3, 0.4) is 0 Å². The summed E-state index contributed by atoms with van der Waals surface area (Å²) in [5, 5.41) is 2.74. The fourth-order valence-corrected chi connectivity index (χ4v) is 3.91. The van der Waals surface area contributed by atoms with Gasteiger partial charge in [0.1, 0.15) is 18.0 Å². The number of carbonyl (C=O) groups is 1. The maximum atomic E-state index is 12.3. The summed E-state index contributed by atoms with van der Waals surface area (Å²) in [4.78, 5) is 16.3. The van der Waals surface area contributed by atoms with E-state index in [0.717, 1.165) is 29.7 Å². The minimum Gasteiger partial charge on any atom is -0.489 e. The monoisotopic (exact) mass is 506 g/mol. The second-order valence-electron chi connectivity index (χ2n) is 9.79. The standard InChI is InChI=1S/C30H38N2O5/c1-6-12-25(32-29(33)37-30(2,3)4)26(31-5)21-34-23-17-18-28(36-20-23)24-15-10-11-16-27(24)35-19-22-13-8-7-9-14-22/h6-16,23,28H,5,17-21H2,1-4H3,(H,32,33)/b12-6-,26-25+/t23-,28-/m0/s1. The molecule has 2 aromatic carbocycles. The molecule has 1 aliphatic heterocycles. The predicted octanol–water partition coefficient (Wildman–Crippen LogP) is 6.52. The first-order chi connectivity index (χ1) is 17.8. The number of carbonyl (C=O) groups excluding carboxylic acids is 1. The highest BCUT2D eigenvalue weighted by atomic mass is 16.6. The Kier molecular flexibility index (Phi) is 10.5. The van der Waals surface area contributed by atoms with E-state index in [1.807, 2.05) is 82.3 Å². The van der Waals surface area contributed by atoms with Crippen molar-refractivity contribution in [3.8, 4) is 5.75 Å². The number of hydrogen-bond donors (Lipinski definition) is 1. The molecule has 0 aromatic heterocycles. The average Bonchev–Trinajstić information content (AvgIpc) is 2.88. The summed E-state index contributed by atoms with van der Waals surface area (Å²) >= 11 is 0. The molecule has 1 fully saturated rings. The van der Waals surface area contributed by atoms with Crippen molar-refractivity contribution in [1.29, 1.82) is 0 Å². The molecule has 0 radical (unpaired) electrons. The molecule has 1 saturated heterocycles. The van der Waals surface area contributed by atoms with Crippen molar-refractivity contribution in [2.75, 3.05) is 13.2 Å². The third kappa shape index (κ3) is 9.19. The fraction of sp³-hybridized carbons (Fsp3) is 0.400. The Morgan fingerprint density at radius 1 is 1.14 bits per heavy atom. The summed E-state index contributed by atoms with van der Waals surface area (Å²) in [7, 11) is 0. The molecule has 1 N–H and O–H groups in total. The lowest BCUT2D eigenvalue weighted by Crippen LogP contribution is -2.33. The van der Waals surface area contributed by atoms with Crippen LogP contribution in [-0.4, -0.2) is 37.7 Å². The van der Waals surface area contributed by atoms with Crippen LogP contribution in [0.1, 0.15) is 57.8 Å². The Balaban J connectivity index is 1.56. The summed E-state index contributed by atoms with van der Waals surface area (Å²) in [6, 6.07) is 18.1. The van der Waals surface area contributed by atoms with Crippen LogP contribution in [0.2, 0.25) is 0 Å². The van der Waals surface area contributed by atoms with Crippen molar-refractivity contribution in [2.24, 2.45) is 4.99 Å². The largest absolute Gasteiger partial charge is 0.489 e. The van der Waals surface area contributed by atoms with Crippen LogP contribution in [0, 0.1) is 0 Å². The van der Waals surface area contributed by atoms with Gasteiger partial charge in [0.2, 0.25) is 0 Å². The van der Waals surface area contributed by atoms with Gasteiger partial charge < -0.3 is 18.9 Å². The SMILES string of the molecule is C=N/C(CO[C@H]1CC[C@@H](c2ccccc2OCc2ccccc2)OC1)=C(\C=C/C)NC(=O)OC(C)(C)C. The predicted molar refractivity (Wildman–Crippen MR) is 146 cm³/mol. The summed E-state index contributed by atoms with van der Waals surface area (Å²) < 4.78 is 23.8. The molecule has 0 aliphatic carbocycles. The van der Waals surface area contributed by atoms with Gasteiger partial charge in [0.05, 0.1) is 36.8 Å². The molecule has 1 aliphatic rings. The first kappa shape index (κ1) is 28.2. The van der Waals surface area contributed by atoms with Crippen LogP contribution in [-0.2, 0) is 20.8 Å². The van der Waals surface area contributed by atoms with E-state index in [9.17, 15) is 4.79 Å². The lowest BCUT2D eigenvalue weighted by Gasteiger charge is -2.30.